The van der Waals surface area contributed by atoms with Gasteiger partial charge in [0.2, 0.25) is 0 Å². The maximum atomic E-state index is 11.8. The summed E-state index contributed by atoms with van der Waals surface area (Å²) >= 11 is 0. The van der Waals surface area contributed by atoms with Gasteiger partial charge < -0.3 is 4.74 Å². The number of fused-ring (bicyclic) bond motifs is 3. The third kappa shape index (κ3) is 3.43. The van der Waals surface area contributed by atoms with Crippen molar-refractivity contribution in [1.82, 2.24) is 24.7 Å². The Kier molecular flexibility index (Phi) is 4.73. The number of imidazole rings is 1. The van der Waals surface area contributed by atoms with E-state index in [1.807, 2.05) is 31.3 Å². The number of aryl methyl sites for hydroxylation is 2. The topological polar surface area (TPSA) is 98.8 Å². The Balaban J connectivity index is 1.50. The van der Waals surface area contributed by atoms with Crippen molar-refractivity contribution in [3.63, 3.8) is 0 Å². The second kappa shape index (κ2) is 8.03. The summed E-state index contributed by atoms with van der Waals surface area (Å²) in [6.07, 6.45) is 4.12. The molecule has 8 nitrogen and oxygen atoms in total. The number of benzene rings is 2. The standard InChI is InChI=1S/C29H25N5O3/c1-15-10-11-30-28-25(15)31-27(18-8-9-18)34(28)20-12-16(2)23-22(13-20)36-14-19-6-4-5-7-21(19)24(23)17(3)26-32-29(35)37-33-26/h4-7,10-13,18H,8-9,14H2,1-3H3,(H,32,33,35)/b24-17-. The Morgan fingerprint density at radius 2 is 1.95 bits per heavy atom. The average molecular weight is 492 g/mol. The molecule has 0 atom stereocenters. The number of ether oxygens (including phenoxy) is 1. The van der Waals surface area contributed by atoms with Crippen molar-refractivity contribution in [2.24, 2.45) is 0 Å². The van der Waals surface area contributed by atoms with Crippen LogP contribution in [0.25, 0.3) is 28.0 Å². The first-order valence-corrected chi connectivity index (χ1v) is 12.5. The molecule has 4 heterocycles. The molecule has 2 aromatic carbocycles. The number of rotatable bonds is 3. The zero-order valence-corrected chi connectivity index (χ0v) is 20.8. The lowest BCUT2D eigenvalue weighted by Crippen LogP contribution is -2.05. The van der Waals surface area contributed by atoms with Gasteiger partial charge in [-0.1, -0.05) is 29.4 Å². The number of hydrogen-bond acceptors (Lipinski definition) is 6. The first-order chi connectivity index (χ1) is 18.0. The highest BCUT2D eigenvalue weighted by atomic mass is 16.5. The molecule has 184 valence electrons. The molecular weight excluding hydrogens is 466 g/mol. The number of allylic oxidation sites excluding steroid dienone is 1. The second-order valence-electron chi connectivity index (χ2n) is 9.91. The summed E-state index contributed by atoms with van der Waals surface area (Å²) in [5, 5.41) is 3.97. The smallest absolute Gasteiger partial charge is 0.439 e. The summed E-state index contributed by atoms with van der Waals surface area (Å²) in [7, 11) is 0. The summed E-state index contributed by atoms with van der Waals surface area (Å²) in [6, 6.07) is 14.4. The fourth-order valence-corrected chi connectivity index (χ4v) is 5.36. The molecule has 0 spiro atoms. The van der Waals surface area contributed by atoms with Crippen molar-refractivity contribution in [1.29, 1.82) is 0 Å². The van der Waals surface area contributed by atoms with Crippen LogP contribution in [0.4, 0.5) is 0 Å². The highest BCUT2D eigenvalue weighted by Crippen LogP contribution is 2.45. The molecular formula is C29H25N5O3. The first-order valence-electron chi connectivity index (χ1n) is 12.5. The zero-order valence-electron chi connectivity index (χ0n) is 20.8. The lowest BCUT2D eigenvalue weighted by atomic mass is 9.88. The van der Waals surface area contributed by atoms with Crippen molar-refractivity contribution in [3.05, 3.63) is 98.7 Å². The highest BCUT2D eigenvalue weighted by Gasteiger charge is 2.32. The predicted octanol–water partition coefficient (Wildman–Crippen LogP) is 5.46. The molecule has 0 radical (unpaired) electrons. The Morgan fingerprint density at radius 1 is 1.11 bits per heavy atom. The Morgan fingerprint density at radius 3 is 2.73 bits per heavy atom. The van der Waals surface area contributed by atoms with Crippen LogP contribution >= 0.6 is 0 Å². The van der Waals surface area contributed by atoms with Gasteiger partial charge in [0.1, 0.15) is 23.7 Å². The van der Waals surface area contributed by atoms with Gasteiger partial charge in [0, 0.05) is 29.3 Å². The van der Waals surface area contributed by atoms with E-state index in [0.717, 1.165) is 80.2 Å². The molecule has 1 fully saturated rings. The van der Waals surface area contributed by atoms with Crippen LogP contribution < -0.4 is 10.5 Å². The number of aromatic amines is 1. The van der Waals surface area contributed by atoms with Crippen molar-refractivity contribution in [2.75, 3.05) is 0 Å². The normalized spacial score (nSPS) is 16.2. The molecule has 0 saturated heterocycles. The molecule has 1 N–H and O–H groups in total. The molecule has 0 amide bonds. The fourth-order valence-electron chi connectivity index (χ4n) is 5.36. The summed E-state index contributed by atoms with van der Waals surface area (Å²) in [5.41, 5.74) is 9.79. The number of aromatic nitrogens is 5. The molecule has 2 aliphatic rings. The number of H-pyrrole nitrogens is 1. The molecule has 7 rings (SSSR count). The molecule has 1 saturated carbocycles. The minimum absolute atomic E-state index is 0.405. The average Bonchev–Trinajstić information content (AvgIpc) is 3.56. The van der Waals surface area contributed by atoms with Crippen LogP contribution in [0.15, 0.2) is 58.0 Å². The summed E-state index contributed by atoms with van der Waals surface area (Å²) in [5.74, 6) is 2.09. The minimum atomic E-state index is -0.581. The summed E-state index contributed by atoms with van der Waals surface area (Å²) in [4.78, 5) is 24.2. The van der Waals surface area contributed by atoms with Gasteiger partial charge in [-0.15, -0.1) is 0 Å². The lowest BCUT2D eigenvalue weighted by Gasteiger charge is -2.18. The Hall–Kier alpha value is -4.46. The van der Waals surface area contributed by atoms with Gasteiger partial charge in [-0.05, 0) is 73.6 Å². The third-order valence-corrected chi connectivity index (χ3v) is 7.35. The van der Waals surface area contributed by atoms with Gasteiger partial charge in [-0.25, -0.2) is 14.8 Å². The number of pyridine rings is 1. The van der Waals surface area contributed by atoms with Crippen LogP contribution in [-0.2, 0) is 6.61 Å². The maximum absolute atomic E-state index is 11.8. The van der Waals surface area contributed by atoms with Crippen molar-refractivity contribution in [2.45, 2.75) is 46.1 Å². The first kappa shape index (κ1) is 21.8. The van der Waals surface area contributed by atoms with Crippen LogP contribution in [0.1, 0.15) is 65.1 Å². The van der Waals surface area contributed by atoms with Crippen molar-refractivity contribution in [3.8, 4) is 11.4 Å². The molecule has 8 heteroatoms. The molecule has 37 heavy (non-hydrogen) atoms. The van der Waals surface area contributed by atoms with Gasteiger partial charge in [0.25, 0.3) is 0 Å². The molecule has 1 aliphatic carbocycles. The largest absolute Gasteiger partial charge is 0.488 e. The van der Waals surface area contributed by atoms with E-state index >= 15 is 0 Å². The van der Waals surface area contributed by atoms with Crippen LogP contribution in [0.2, 0.25) is 0 Å². The number of hydrogen-bond donors (Lipinski definition) is 1. The van der Waals surface area contributed by atoms with Gasteiger partial charge in [-0.3, -0.25) is 14.1 Å². The Bertz CT molecular complexity index is 1800. The monoisotopic (exact) mass is 491 g/mol. The van der Waals surface area contributed by atoms with Gasteiger partial charge in [-0.2, -0.15) is 0 Å². The van der Waals surface area contributed by atoms with E-state index in [1.54, 1.807) is 0 Å². The maximum Gasteiger partial charge on any atom is 0.439 e. The van der Waals surface area contributed by atoms with Crippen molar-refractivity contribution < 1.29 is 9.26 Å². The molecule has 5 aromatic rings. The summed E-state index contributed by atoms with van der Waals surface area (Å²) in [6.45, 7) is 6.54. The van der Waals surface area contributed by atoms with E-state index in [2.05, 4.69) is 52.8 Å². The molecule has 0 unspecified atom stereocenters. The molecule has 0 bridgehead atoms. The Labute approximate surface area is 212 Å². The van der Waals surface area contributed by atoms with Crippen LogP contribution in [-0.4, -0.2) is 24.7 Å². The highest BCUT2D eigenvalue weighted by molar-refractivity contribution is 6.00. The van der Waals surface area contributed by atoms with E-state index in [0.29, 0.717) is 18.3 Å². The number of nitrogens with zero attached hydrogens (tertiary/aromatic N) is 4. The van der Waals surface area contributed by atoms with E-state index in [-0.39, 0.29) is 0 Å². The minimum Gasteiger partial charge on any atom is -0.488 e. The van der Waals surface area contributed by atoms with Gasteiger partial charge >= 0.3 is 5.76 Å². The molecule has 3 aromatic heterocycles. The van der Waals surface area contributed by atoms with E-state index in [1.165, 1.54) is 0 Å². The van der Waals surface area contributed by atoms with Crippen molar-refractivity contribution >= 4 is 22.3 Å². The summed E-state index contributed by atoms with van der Waals surface area (Å²) < 4.78 is 13.5. The van der Waals surface area contributed by atoms with Crippen LogP contribution in [0, 0.1) is 13.8 Å². The SMILES string of the molecule is C/C(=C1\c2ccccc2COc2cc(-n3c(C4CC4)nc4c(C)ccnc43)cc(C)c21)c1noc(=O)[nH]1. The fraction of sp³-hybridized carbons (Fsp3) is 0.241. The van der Waals surface area contributed by atoms with Gasteiger partial charge in [0.05, 0.1) is 5.69 Å². The van der Waals surface area contributed by atoms with E-state index in [4.69, 9.17) is 19.2 Å². The zero-order chi connectivity index (χ0) is 25.3. The third-order valence-electron chi connectivity index (χ3n) is 7.35. The second-order valence-corrected chi connectivity index (χ2v) is 9.91. The predicted molar refractivity (Wildman–Crippen MR) is 140 cm³/mol. The van der Waals surface area contributed by atoms with E-state index < -0.39 is 5.76 Å². The lowest BCUT2D eigenvalue weighted by molar-refractivity contribution is 0.307. The quantitative estimate of drug-likeness (QED) is 0.360. The van der Waals surface area contributed by atoms with Crippen LogP contribution in [0.5, 0.6) is 5.75 Å². The van der Waals surface area contributed by atoms with E-state index in [9.17, 15) is 4.79 Å². The number of nitrogens with one attached hydrogen (secondary N) is 1. The molecule has 1 aliphatic heterocycles. The van der Waals surface area contributed by atoms with Crippen LogP contribution in [0.3, 0.4) is 0 Å². The van der Waals surface area contributed by atoms with Gasteiger partial charge in [0.15, 0.2) is 11.5 Å².